The van der Waals surface area contributed by atoms with E-state index in [1.165, 1.54) is 5.69 Å². The molecular formula is C13H20N6. The van der Waals surface area contributed by atoms with Gasteiger partial charge in [-0.15, -0.1) is 0 Å². The van der Waals surface area contributed by atoms with Gasteiger partial charge in [0, 0.05) is 32.4 Å². The Bertz CT molecular complexity index is 546. The first-order valence-corrected chi connectivity index (χ1v) is 6.30. The molecule has 0 spiro atoms. The summed E-state index contributed by atoms with van der Waals surface area (Å²) in [7, 11) is 3.92. The van der Waals surface area contributed by atoms with Crippen molar-refractivity contribution in [3.63, 3.8) is 0 Å². The first kappa shape index (κ1) is 13.3. The average molecular weight is 260 g/mol. The topological polar surface area (TPSA) is 58.9 Å². The summed E-state index contributed by atoms with van der Waals surface area (Å²) in [5.74, 6) is 1.73. The SMILES string of the molecule is Cc1cc(C)n(CCNc2cc(N(C)C)ncn2)n1. The quantitative estimate of drug-likeness (QED) is 0.882. The summed E-state index contributed by atoms with van der Waals surface area (Å²) in [5, 5.41) is 7.71. The highest BCUT2D eigenvalue weighted by Crippen LogP contribution is 2.10. The van der Waals surface area contributed by atoms with E-state index in [4.69, 9.17) is 0 Å². The van der Waals surface area contributed by atoms with Crippen LogP contribution in [-0.2, 0) is 6.54 Å². The summed E-state index contributed by atoms with van der Waals surface area (Å²) in [6.07, 6.45) is 1.57. The molecular weight excluding hydrogens is 240 g/mol. The zero-order valence-corrected chi connectivity index (χ0v) is 11.9. The van der Waals surface area contributed by atoms with Crippen LogP contribution in [0.15, 0.2) is 18.5 Å². The molecule has 6 heteroatoms. The number of hydrogen-bond acceptors (Lipinski definition) is 5. The van der Waals surface area contributed by atoms with E-state index in [1.54, 1.807) is 6.33 Å². The Labute approximate surface area is 113 Å². The molecule has 0 amide bonds. The van der Waals surface area contributed by atoms with Crippen molar-refractivity contribution < 1.29 is 0 Å². The lowest BCUT2D eigenvalue weighted by Crippen LogP contribution is -2.15. The fraction of sp³-hybridized carbons (Fsp3) is 0.462. The second-order valence-corrected chi connectivity index (χ2v) is 4.73. The Morgan fingerprint density at radius 2 is 2.00 bits per heavy atom. The summed E-state index contributed by atoms with van der Waals surface area (Å²) in [6.45, 7) is 5.67. The van der Waals surface area contributed by atoms with Crippen LogP contribution in [0.4, 0.5) is 11.6 Å². The lowest BCUT2D eigenvalue weighted by molar-refractivity contribution is 0.614. The van der Waals surface area contributed by atoms with E-state index in [1.807, 2.05) is 36.7 Å². The van der Waals surface area contributed by atoms with Gasteiger partial charge in [-0.2, -0.15) is 5.10 Å². The maximum absolute atomic E-state index is 4.42. The van der Waals surface area contributed by atoms with Gasteiger partial charge in [-0.1, -0.05) is 0 Å². The summed E-state index contributed by atoms with van der Waals surface area (Å²) in [6, 6.07) is 4.01. The molecule has 0 aromatic carbocycles. The molecule has 2 rings (SSSR count). The molecule has 0 radical (unpaired) electrons. The first-order valence-electron chi connectivity index (χ1n) is 6.30. The van der Waals surface area contributed by atoms with Crippen LogP contribution >= 0.6 is 0 Å². The second-order valence-electron chi connectivity index (χ2n) is 4.73. The van der Waals surface area contributed by atoms with Crippen molar-refractivity contribution in [2.45, 2.75) is 20.4 Å². The molecule has 0 aliphatic carbocycles. The highest BCUT2D eigenvalue weighted by Gasteiger charge is 2.02. The van der Waals surface area contributed by atoms with Crippen molar-refractivity contribution in [3.8, 4) is 0 Å². The van der Waals surface area contributed by atoms with E-state index in [9.17, 15) is 0 Å². The Balaban J connectivity index is 1.92. The van der Waals surface area contributed by atoms with Crippen molar-refractivity contribution in [2.75, 3.05) is 30.9 Å². The minimum absolute atomic E-state index is 0.784. The standard InChI is InChI=1S/C13H20N6/c1-10-7-11(2)19(17-10)6-5-14-12-8-13(18(3)4)16-9-15-12/h7-9H,5-6H2,1-4H3,(H,14,15,16). The third-order valence-electron chi connectivity index (χ3n) is 2.84. The van der Waals surface area contributed by atoms with Gasteiger partial charge in [-0.05, 0) is 19.9 Å². The van der Waals surface area contributed by atoms with Crippen LogP contribution in [-0.4, -0.2) is 40.4 Å². The molecule has 0 unspecified atom stereocenters. The third-order valence-corrected chi connectivity index (χ3v) is 2.84. The predicted octanol–water partition coefficient (Wildman–Crippen LogP) is 1.47. The van der Waals surface area contributed by atoms with Crippen molar-refractivity contribution in [3.05, 3.63) is 29.8 Å². The fourth-order valence-electron chi connectivity index (χ4n) is 1.88. The largest absolute Gasteiger partial charge is 0.368 e. The van der Waals surface area contributed by atoms with E-state index >= 15 is 0 Å². The van der Waals surface area contributed by atoms with Gasteiger partial charge in [0.25, 0.3) is 0 Å². The van der Waals surface area contributed by atoms with Crippen molar-refractivity contribution in [1.29, 1.82) is 0 Å². The fourth-order valence-corrected chi connectivity index (χ4v) is 1.88. The lowest BCUT2D eigenvalue weighted by atomic mass is 10.4. The summed E-state index contributed by atoms with van der Waals surface area (Å²) >= 11 is 0. The van der Waals surface area contributed by atoms with E-state index < -0.39 is 0 Å². The van der Waals surface area contributed by atoms with Crippen LogP contribution < -0.4 is 10.2 Å². The first-order chi connectivity index (χ1) is 9.06. The Kier molecular flexibility index (Phi) is 3.99. The summed E-state index contributed by atoms with van der Waals surface area (Å²) in [4.78, 5) is 10.3. The number of aromatic nitrogens is 4. The van der Waals surface area contributed by atoms with Gasteiger partial charge in [0.15, 0.2) is 0 Å². The van der Waals surface area contributed by atoms with E-state index in [0.717, 1.165) is 30.4 Å². The van der Waals surface area contributed by atoms with Crippen LogP contribution in [0, 0.1) is 13.8 Å². The maximum atomic E-state index is 4.42. The summed E-state index contributed by atoms with van der Waals surface area (Å²) < 4.78 is 2.00. The second kappa shape index (κ2) is 5.69. The van der Waals surface area contributed by atoms with Gasteiger partial charge in [-0.25, -0.2) is 9.97 Å². The van der Waals surface area contributed by atoms with Crippen molar-refractivity contribution in [1.82, 2.24) is 19.7 Å². The Morgan fingerprint density at radius 1 is 1.21 bits per heavy atom. The average Bonchev–Trinajstić information content (AvgIpc) is 2.68. The number of anilines is 2. The van der Waals surface area contributed by atoms with E-state index in [2.05, 4.69) is 33.4 Å². The van der Waals surface area contributed by atoms with Gasteiger partial charge in [0.05, 0.1) is 12.2 Å². The Morgan fingerprint density at radius 3 is 2.63 bits per heavy atom. The van der Waals surface area contributed by atoms with Gasteiger partial charge in [0.1, 0.15) is 18.0 Å². The zero-order chi connectivity index (χ0) is 13.8. The molecule has 102 valence electrons. The van der Waals surface area contributed by atoms with Crippen molar-refractivity contribution >= 4 is 11.6 Å². The molecule has 2 heterocycles. The molecule has 0 saturated heterocycles. The van der Waals surface area contributed by atoms with Crippen LogP contribution in [0.3, 0.4) is 0 Å². The molecule has 1 N–H and O–H groups in total. The molecule has 6 nitrogen and oxygen atoms in total. The summed E-state index contributed by atoms with van der Waals surface area (Å²) in [5.41, 5.74) is 2.23. The number of nitrogens with one attached hydrogen (secondary N) is 1. The molecule has 0 atom stereocenters. The van der Waals surface area contributed by atoms with Crippen LogP contribution in [0.1, 0.15) is 11.4 Å². The van der Waals surface area contributed by atoms with Crippen LogP contribution in [0.2, 0.25) is 0 Å². The Hall–Kier alpha value is -2.11. The molecule has 0 aliphatic rings. The molecule has 2 aromatic rings. The number of nitrogens with zero attached hydrogens (tertiary/aromatic N) is 5. The predicted molar refractivity (Wildman–Crippen MR) is 76.5 cm³/mol. The highest BCUT2D eigenvalue weighted by molar-refractivity contribution is 5.47. The van der Waals surface area contributed by atoms with Gasteiger partial charge in [-0.3, -0.25) is 4.68 Å². The highest BCUT2D eigenvalue weighted by atomic mass is 15.3. The number of aryl methyl sites for hydroxylation is 2. The molecule has 0 fully saturated rings. The van der Waals surface area contributed by atoms with Gasteiger partial charge < -0.3 is 10.2 Å². The molecule has 0 bridgehead atoms. The molecule has 0 aliphatic heterocycles. The number of rotatable bonds is 5. The minimum Gasteiger partial charge on any atom is -0.368 e. The van der Waals surface area contributed by atoms with Crippen molar-refractivity contribution in [2.24, 2.45) is 0 Å². The van der Waals surface area contributed by atoms with Gasteiger partial charge in [0.2, 0.25) is 0 Å². The normalized spacial score (nSPS) is 10.5. The van der Waals surface area contributed by atoms with E-state index in [-0.39, 0.29) is 0 Å². The maximum Gasteiger partial charge on any atom is 0.133 e. The van der Waals surface area contributed by atoms with E-state index in [0.29, 0.717) is 0 Å². The zero-order valence-electron chi connectivity index (χ0n) is 11.9. The smallest absolute Gasteiger partial charge is 0.133 e. The number of hydrogen-bond donors (Lipinski definition) is 1. The molecule has 19 heavy (non-hydrogen) atoms. The lowest BCUT2D eigenvalue weighted by Gasteiger charge is -2.12. The monoisotopic (exact) mass is 260 g/mol. The minimum atomic E-state index is 0.784. The van der Waals surface area contributed by atoms with Gasteiger partial charge >= 0.3 is 0 Å². The molecule has 0 saturated carbocycles. The third kappa shape index (κ3) is 3.43. The molecule has 2 aromatic heterocycles. The van der Waals surface area contributed by atoms with Crippen LogP contribution in [0.25, 0.3) is 0 Å². The van der Waals surface area contributed by atoms with Crippen LogP contribution in [0.5, 0.6) is 0 Å².